The Balaban J connectivity index is 2.88. The van der Waals surface area contributed by atoms with Gasteiger partial charge >= 0.3 is 5.97 Å². The number of benzene rings is 1. The highest BCUT2D eigenvalue weighted by molar-refractivity contribution is 6.01. The first-order chi connectivity index (χ1) is 10.9. The zero-order chi connectivity index (χ0) is 17.4. The van der Waals surface area contributed by atoms with Crippen molar-refractivity contribution in [2.24, 2.45) is 0 Å². The van der Waals surface area contributed by atoms with Crippen molar-refractivity contribution in [1.82, 2.24) is 5.32 Å². The maximum atomic E-state index is 12.7. The van der Waals surface area contributed by atoms with E-state index in [1.54, 1.807) is 6.92 Å². The molecule has 0 saturated carbocycles. The fraction of sp³-hybridized carbons (Fsp3) is 0.579. The van der Waals surface area contributed by atoms with Crippen LogP contribution in [0.5, 0.6) is 0 Å². The van der Waals surface area contributed by atoms with E-state index in [-0.39, 0.29) is 24.2 Å². The van der Waals surface area contributed by atoms with Gasteiger partial charge < -0.3 is 10.1 Å². The van der Waals surface area contributed by atoms with E-state index in [1.807, 2.05) is 38.1 Å². The summed E-state index contributed by atoms with van der Waals surface area (Å²) >= 11 is 0. The van der Waals surface area contributed by atoms with Crippen LogP contribution in [0.3, 0.4) is 0 Å². The Kier molecular flexibility index (Phi) is 7.96. The maximum absolute atomic E-state index is 12.7. The molecule has 0 aliphatic heterocycles. The first kappa shape index (κ1) is 19.4. The molecule has 4 heteroatoms. The molecule has 1 rings (SSSR count). The zero-order valence-electron chi connectivity index (χ0n) is 14.9. The minimum Gasteiger partial charge on any atom is -0.466 e. The van der Waals surface area contributed by atoms with Crippen molar-refractivity contribution in [3.05, 3.63) is 35.4 Å². The average Bonchev–Trinajstić information content (AvgIpc) is 2.52. The molecule has 2 atom stereocenters. The summed E-state index contributed by atoms with van der Waals surface area (Å²) in [6.45, 7) is 10.3. The smallest absolute Gasteiger partial charge is 0.307 e. The molecule has 23 heavy (non-hydrogen) atoms. The Labute approximate surface area is 139 Å². The second kappa shape index (κ2) is 9.46. The van der Waals surface area contributed by atoms with Crippen LogP contribution < -0.4 is 5.32 Å². The van der Waals surface area contributed by atoms with E-state index >= 15 is 0 Å². The molecule has 0 bridgehead atoms. The highest BCUT2D eigenvalue weighted by Crippen LogP contribution is 2.19. The highest BCUT2D eigenvalue weighted by Gasteiger charge is 2.24. The van der Waals surface area contributed by atoms with E-state index in [0.29, 0.717) is 18.1 Å². The van der Waals surface area contributed by atoms with Gasteiger partial charge in [-0.25, -0.2) is 0 Å². The van der Waals surface area contributed by atoms with Crippen molar-refractivity contribution in [2.45, 2.75) is 65.5 Å². The van der Waals surface area contributed by atoms with Crippen LogP contribution in [0.25, 0.3) is 0 Å². The van der Waals surface area contributed by atoms with E-state index in [9.17, 15) is 9.59 Å². The fourth-order valence-corrected chi connectivity index (χ4v) is 2.43. The lowest BCUT2D eigenvalue weighted by Crippen LogP contribution is -2.42. The van der Waals surface area contributed by atoms with E-state index in [4.69, 9.17) is 4.74 Å². The maximum Gasteiger partial charge on any atom is 0.307 e. The summed E-state index contributed by atoms with van der Waals surface area (Å²) in [7, 11) is 0. The molecule has 128 valence electrons. The first-order valence-corrected chi connectivity index (χ1v) is 8.44. The number of ether oxygens (including phenoxy) is 1. The molecular weight excluding hydrogens is 290 g/mol. The normalized spacial score (nSPS) is 13.7. The van der Waals surface area contributed by atoms with Crippen LogP contribution in [0, 0.1) is 0 Å². The van der Waals surface area contributed by atoms with Gasteiger partial charge in [0.15, 0.2) is 5.78 Å². The average molecular weight is 319 g/mol. The summed E-state index contributed by atoms with van der Waals surface area (Å²) in [5, 5.41) is 3.17. The number of rotatable bonds is 9. The molecule has 2 unspecified atom stereocenters. The Morgan fingerprint density at radius 3 is 2.17 bits per heavy atom. The topological polar surface area (TPSA) is 55.4 Å². The Morgan fingerprint density at radius 1 is 1.09 bits per heavy atom. The second-order valence-corrected chi connectivity index (χ2v) is 6.18. The van der Waals surface area contributed by atoms with Crippen LogP contribution in [-0.4, -0.2) is 30.4 Å². The van der Waals surface area contributed by atoms with E-state index in [2.05, 4.69) is 19.2 Å². The quantitative estimate of drug-likeness (QED) is 0.557. The van der Waals surface area contributed by atoms with Crippen molar-refractivity contribution in [3.63, 3.8) is 0 Å². The molecule has 0 spiro atoms. The lowest BCUT2D eigenvalue weighted by Gasteiger charge is -2.20. The third kappa shape index (κ3) is 6.14. The van der Waals surface area contributed by atoms with Gasteiger partial charge in [0.05, 0.1) is 19.1 Å². The molecule has 1 N–H and O–H groups in total. The van der Waals surface area contributed by atoms with Crippen molar-refractivity contribution < 1.29 is 14.3 Å². The van der Waals surface area contributed by atoms with Gasteiger partial charge in [-0.3, -0.25) is 9.59 Å². The van der Waals surface area contributed by atoms with E-state index < -0.39 is 6.04 Å². The fourth-order valence-electron chi connectivity index (χ4n) is 2.43. The van der Waals surface area contributed by atoms with Crippen LogP contribution in [0.1, 0.15) is 69.3 Å². The van der Waals surface area contributed by atoms with Crippen molar-refractivity contribution in [3.8, 4) is 0 Å². The summed E-state index contributed by atoms with van der Waals surface area (Å²) in [5.74, 6) is 0.0564. The number of ketones is 1. The van der Waals surface area contributed by atoms with Crippen LogP contribution in [0.15, 0.2) is 24.3 Å². The minimum atomic E-state index is -0.552. The molecule has 1 aromatic rings. The summed E-state index contributed by atoms with van der Waals surface area (Å²) in [4.78, 5) is 24.4. The van der Waals surface area contributed by atoms with Crippen molar-refractivity contribution in [2.75, 3.05) is 6.61 Å². The molecule has 0 amide bonds. The Bertz CT molecular complexity index is 508. The molecule has 0 fully saturated rings. The SMILES string of the molecule is CCOC(=O)CC(NC(C)C)C(=O)c1ccc(C(C)CC)cc1. The van der Waals surface area contributed by atoms with Gasteiger partial charge in [-0.15, -0.1) is 0 Å². The van der Waals surface area contributed by atoms with Crippen molar-refractivity contribution >= 4 is 11.8 Å². The molecule has 0 aromatic heterocycles. The number of hydrogen-bond donors (Lipinski definition) is 1. The van der Waals surface area contributed by atoms with Crippen molar-refractivity contribution in [1.29, 1.82) is 0 Å². The summed E-state index contributed by atoms with van der Waals surface area (Å²) in [6, 6.07) is 7.26. The largest absolute Gasteiger partial charge is 0.466 e. The van der Waals surface area contributed by atoms with Gasteiger partial charge in [0.2, 0.25) is 0 Å². The monoisotopic (exact) mass is 319 g/mol. The van der Waals surface area contributed by atoms with Crippen LogP contribution >= 0.6 is 0 Å². The van der Waals surface area contributed by atoms with Gasteiger partial charge in [0, 0.05) is 11.6 Å². The number of esters is 1. The minimum absolute atomic E-state index is 0.0535. The summed E-state index contributed by atoms with van der Waals surface area (Å²) in [6.07, 6.45) is 1.12. The van der Waals surface area contributed by atoms with Gasteiger partial charge in [0.1, 0.15) is 0 Å². The Morgan fingerprint density at radius 2 is 1.70 bits per heavy atom. The highest BCUT2D eigenvalue weighted by atomic mass is 16.5. The molecule has 1 aromatic carbocycles. The van der Waals surface area contributed by atoms with Gasteiger partial charge in [0.25, 0.3) is 0 Å². The molecule has 0 heterocycles. The standard InChI is InChI=1S/C19H29NO3/c1-6-14(5)15-8-10-16(11-9-15)19(22)17(20-13(3)4)12-18(21)23-7-2/h8-11,13-14,17,20H,6-7,12H2,1-5H3. The lowest BCUT2D eigenvalue weighted by atomic mass is 9.95. The summed E-state index contributed by atoms with van der Waals surface area (Å²) < 4.78 is 4.97. The van der Waals surface area contributed by atoms with Gasteiger partial charge in [-0.1, -0.05) is 52.0 Å². The first-order valence-electron chi connectivity index (χ1n) is 8.44. The van der Waals surface area contributed by atoms with Crippen LogP contribution in [0.4, 0.5) is 0 Å². The molecule has 4 nitrogen and oxygen atoms in total. The number of carbonyl (C=O) groups is 2. The molecule has 0 radical (unpaired) electrons. The van der Waals surface area contributed by atoms with Gasteiger partial charge in [-0.2, -0.15) is 0 Å². The third-order valence-corrected chi connectivity index (χ3v) is 3.90. The van der Waals surface area contributed by atoms with Crippen LogP contribution in [-0.2, 0) is 9.53 Å². The molecule has 0 aliphatic carbocycles. The molecule has 0 saturated heterocycles. The number of carbonyl (C=O) groups excluding carboxylic acids is 2. The number of hydrogen-bond acceptors (Lipinski definition) is 4. The van der Waals surface area contributed by atoms with E-state index in [0.717, 1.165) is 6.42 Å². The van der Waals surface area contributed by atoms with Crippen LogP contribution in [0.2, 0.25) is 0 Å². The van der Waals surface area contributed by atoms with E-state index in [1.165, 1.54) is 5.56 Å². The molecule has 0 aliphatic rings. The lowest BCUT2D eigenvalue weighted by molar-refractivity contribution is -0.143. The van der Waals surface area contributed by atoms with Gasteiger partial charge in [-0.05, 0) is 24.8 Å². The number of Topliss-reactive ketones (excluding diaryl/α,β-unsaturated/α-hetero) is 1. The molecular formula is C19H29NO3. The summed E-state index contributed by atoms with van der Waals surface area (Å²) in [5.41, 5.74) is 1.85. The zero-order valence-corrected chi connectivity index (χ0v) is 14.9. The Hall–Kier alpha value is -1.68. The third-order valence-electron chi connectivity index (χ3n) is 3.90. The predicted molar refractivity (Wildman–Crippen MR) is 92.8 cm³/mol. The number of nitrogens with one attached hydrogen (secondary N) is 1. The predicted octanol–water partition coefficient (Wildman–Crippen LogP) is 3.70. The second-order valence-electron chi connectivity index (χ2n) is 6.18.